The van der Waals surface area contributed by atoms with Gasteiger partial charge in [-0.25, -0.2) is 22.4 Å². The average molecular weight is 322 g/mol. The highest BCUT2D eigenvalue weighted by atomic mass is 35.5. The lowest BCUT2D eigenvalue weighted by atomic mass is 10.2. The molecule has 21 heavy (non-hydrogen) atoms. The van der Waals surface area contributed by atoms with Crippen LogP contribution in [0.3, 0.4) is 0 Å². The fourth-order valence-electron chi connectivity index (χ4n) is 2.21. The summed E-state index contributed by atoms with van der Waals surface area (Å²) in [5, 5.41) is 0.758. The largest absolute Gasteiger partial charge is 0.269 e. The number of halogens is 1. The number of benzene rings is 1. The predicted octanol–water partition coefficient (Wildman–Crippen LogP) is 2.94. The van der Waals surface area contributed by atoms with Gasteiger partial charge in [-0.3, -0.25) is 0 Å². The lowest BCUT2D eigenvalue weighted by Crippen LogP contribution is -2.14. The Labute approximate surface area is 127 Å². The first-order valence-electron chi connectivity index (χ1n) is 6.22. The van der Waals surface area contributed by atoms with Crippen molar-refractivity contribution in [1.82, 2.24) is 13.9 Å². The molecular formula is C14H12ClN3O2S. The lowest BCUT2D eigenvalue weighted by molar-refractivity contribution is 0.587. The monoisotopic (exact) mass is 321 g/mol. The fourth-order valence-corrected chi connectivity index (χ4v) is 3.88. The second-order valence-electron chi connectivity index (χ2n) is 4.77. The second kappa shape index (κ2) is 4.82. The molecule has 0 bridgehead atoms. The van der Waals surface area contributed by atoms with E-state index in [1.54, 1.807) is 37.3 Å². The van der Waals surface area contributed by atoms with E-state index in [2.05, 4.69) is 9.97 Å². The third-order valence-electron chi connectivity index (χ3n) is 3.24. The minimum absolute atomic E-state index is 0.212. The van der Waals surface area contributed by atoms with E-state index in [-0.39, 0.29) is 15.7 Å². The molecule has 0 aliphatic rings. The Morgan fingerprint density at radius 2 is 1.76 bits per heavy atom. The molecule has 1 aromatic carbocycles. The second-order valence-corrected chi connectivity index (χ2v) is 6.91. The highest BCUT2D eigenvalue weighted by Crippen LogP contribution is 2.27. The van der Waals surface area contributed by atoms with Crippen molar-refractivity contribution in [2.45, 2.75) is 18.7 Å². The van der Waals surface area contributed by atoms with Crippen LogP contribution < -0.4 is 0 Å². The van der Waals surface area contributed by atoms with E-state index in [4.69, 9.17) is 11.6 Å². The Hall–Kier alpha value is -1.92. The van der Waals surface area contributed by atoms with Gasteiger partial charge in [0.2, 0.25) is 0 Å². The summed E-state index contributed by atoms with van der Waals surface area (Å²) in [5.41, 5.74) is 1.81. The van der Waals surface area contributed by atoms with Gasteiger partial charge in [-0.2, -0.15) is 0 Å². The van der Waals surface area contributed by atoms with Crippen LogP contribution in [0.2, 0.25) is 5.15 Å². The molecule has 0 spiro atoms. The molecule has 0 atom stereocenters. The minimum atomic E-state index is -3.72. The minimum Gasteiger partial charge on any atom is -0.224 e. The van der Waals surface area contributed by atoms with Gasteiger partial charge < -0.3 is 0 Å². The summed E-state index contributed by atoms with van der Waals surface area (Å²) in [6.45, 7) is 3.60. The molecule has 0 unspecified atom stereocenters. The molecule has 3 aromatic rings. The summed E-state index contributed by atoms with van der Waals surface area (Å²) in [4.78, 5) is 8.15. The molecule has 7 heteroatoms. The number of hydrogen-bond acceptors (Lipinski definition) is 4. The maximum atomic E-state index is 12.8. The molecule has 2 aromatic heterocycles. The van der Waals surface area contributed by atoms with Gasteiger partial charge in [0.25, 0.3) is 10.0 Å². The number of aryl methyl sites for hydroxylation is 2. The van der Waals surface area contributed by atoms with Gasteiger partial charge in [0.05, 0.1) is 10.3 Å². The Balaban J connectivity index is 2.31. The Bertz CT molecular complexity index is 931. The summed E-state index contributed by atoms with van der Waals surface area (Å²) in [7, 11) is -3.72. The zero-order valence-electron chi connectivity index (χ0n) is 11.4. The zero-order valence-corrected chi connectivity index (χ0v) is 13.0. The number of aromatic nitrogens is 3. The van der Waals surface area contributed by atoms with Gasteiger partial charge in [0.1, 0.15) is 11.5 Å². The smallest absolute Gasteiger partial charge is 0.224 e. The van der Waals surface area contributed by atoms with Crippen molar-refractivity contribution < 1.29 is 8.42 Å². The molecule has 0 N–H and O–H groups in total. The maximum Gasteiger partial charge on any atom is 0.269 e. The topological polar surface area (TPSA) is 64.8 Å². The first-order chi connectivity index (χ1) is 9.91. The SMILES string of the molecule is Cc1ccc(S(=O)(=O)n2c(C)cc3c(Cl)ncnc32)cc1. The molecule has 0 aliphatic heterocycles. The molecule has 2 heterocycles. The van der Waals surface area contributed by atoms with Crippen molar-refractivity contribution >= 4 is 32.7 Å². The maximum absolute atomic E-state index is 12.8. The van der Waals surface area contributed by atoms with Crippen LogP contribution in [0.5, 0.6) is 0 Å². The van der Waals surface area contributed by atoms with Crippen LogP contribution >= 0.6 is 11.6 Å². The normalized spacial score (nSPS) is 12.0. The van der Waals surface area contributed by atoms with Gasteiger partial charge >= 0.3 is 0 Å². The van der Waals surface area contributed by atoms with Gasteiger partial charge in [0, 0.05) is 5.69 Å². The van der Waals surface area contributed by atoms with Crippen molar-refractivity contribution in [1.29, 1.82) is 0 Å². The Morgan fingerprint density at radius 1 is 1.10 bits per heavy atom. The quantitative estimate of drug-likeness (QED) is 0.681. The van der Waals surface area contributed by atoms with Crippen molar-refractivity contribution in [2.24, 2.45) is 0 Å². The molecule has 3 rings (SSSR count). The number of hydrogen-bond donors (Lipinski definition) is 0. The van der Waals surface area contributed by atoms with Gasteiger partial charge in [-0.1, -0.05) is 29.3 Å². The molecule has 0 radical (unpaired) electrons. The first kappa shape index (κ1) is 14.0. The van der Waals surface area contributed by atoms with Crippen LogP contribution in [-0.2, 0) is 10.0 Å². The molecular weight excluding hydrogens is 310 g/mol. The van der Waals surface area contributed by atoms with Crippen LogP contribution in [-0.4, -0.2) is 22.4 Å². The number of rotatable bonds is 2. The Kier molecular flexibility index (Phi) is 3.22. The fraction of sp³-hybridized carbons (Fsp3) is 0.143. The predicted molar refractivity (Wildman–Crippen MR) is 81.0 cm³/mol. The summed E-state index contributed by atoms with van der Waals surface area (Å²) in [6.07, 6.45) is 1.26. The van der Waals surface area contributed by atoms with E-state index in [0.717, 1.165) is 5.56 Å². The van der Waals surface area contributed by atoms with Crippen molar-refractivity contribution in [3.8, 4) is 0 Å². The molecule has 0 amide bonds. The van der Waals surface area contributed by atoms with E-state index >= 15 is 0 Å². The standard InChI is InChI=1S/C14H12ClN3O2S/c1-9-3-5-11(6-4-9)21(19,20)18-10(2)7-12-13(15)16-8-17-14(12)18/h3-8H,1-2H3. The van der Waals surface area contributed by atoms with E-state index in [1.807, 2.05) is 6.92 Å². The van der Waals surface area contributed by atoms with E-state index in [0.29, 0.717) is 11.1 Å². The molecule has 0 saturated heterocycles. The van der Waals surface area contributed by atoms with E-state index < -0.39 is 10.0 Å². The Morgan fingerprint density at radius 3 is 2.43 bits per heavy atom. The molecule has 0 aliphatic carbocycles. The van der Waals surface area contributed by atoms with Crippen molar-refractivity contribution in [3.05, 3.63) is 53.1 Å². The third-order valence-corrected chi connectivity index (χ3v) is 5.35. The molecule has 108 valence electrons. The van der Waals surface area contributed by atoms with E-state index in [1.165, 1.54) is 10.3 Å². The van der Waals surface area contributed by atoms with Gasteiger partial charge in [-0.05, 0) is 32.0 Å². The van der Waals surface area contributed by atoms with Crippen LogP contribution in [0.4, 0.5) is 0 Å². The third kappa shape index (κ3) is 2.20. The van der Waals surface area contributed by atoms with E-state index in [9.17, 15) is 8.42 Å². The summed E-state index contributed by atoms with van der Waals surface area (Å²) in [5.74, 6) is 0. The molecule has 5 nitrogen and oxygen atoms in total. The average Bonchev–Trinajstić information content (AvgIpc) is 2.77. The van der Waals surface area contributed by atoms with Crippen LogP contribution in [0.15, 0.2) is 41.6 Å². The lowest BCUT2D eigenvalue weighted by Gasteiger charge is -2.09. The summed E-state index contributed by atoms with van der Waals surface area (Å²) in [6, 6.07) is 8.35. The van der Waals surface area contributed by atoms with Gasteiger partial charge in [-0.15, -0.1) is 0 Å². The van der Waals surface area contributed by atoms with Crippen LogP contribution in [0.1, 0.15) is 11.3 Å². The number of nitrogens with zero attached hydrogens (tertiary/aromatic N) is 3. The summed E-state index contributed by atoms with van der Waals surface area (Å²) >= 11 is 6.00. The zero-order chi connectivity index (χ0) is 15.2. The van der Waals surface area contributed by atoms with Crippen molar-refractivity contribution in [3.63, 3.8) is 0 Å². The van der Waals surface area contributed by atoms with Crippen LogP contribution in [0.25, 0.3) is 11.0 Å². The highest BCUT2D eigenvalue weighted by Gasteiger charge is 2.23. The van der Waals surface area contributed by atoms with Crippen LogP contribution in [0, 0.1) is 13.8 Å². The molecule has 0 saturated carbocycles. The number of fused-ring (bicyclic) bond motifs is 1. The van der Waals surface area contributed by atoms with Gasteiger partial charge in [0.15, 0.2) is 5.65 Å². The first-order valence-corrected chi connectivity index (χ1v) is 8.04. The van der Waals surface area contributed by atoms with Crippen molar-refractivity contribution in [2.75, 3.05) is 0 Å². The molecule has 0 fully saturated rings. The highest BCUT2D eigenvalue weighted by molar-refractivity contribution is 7.90. The summed E-state index contributed by atoms with van der Waals surface area (Å²) < 4.78 is 26.8.